The summed E-state index contributed by atoms with van der Waals surface area (Å²) in [5, 5.41) is -0.112. The Morgan fingerprint density at radius 2 is 1.43 bits per heavy atom. The highest BCUT2D eigenvalue weighted by Gasteiger charge is 2.46. The summed E-state index contributed by atoms with van der Waals surface area (Å²) in [7, 11) is -3.08. The minimum atomic E-state index is -3.08. The lowest BCUT2D eigenvalue weighted by Crippen LogP contribution is -2.09. The van der Waals surface area contributed by atoms with Crippen LogP contribution in [0.4, 0.5) is 0 Å². The summed E-state index contributed by atoms with van der Waals surface area (Å²) in [5.41, 5.74) is 0. The molecule has 0 heterocycles. The summed E-state index contributed by atoms with van der Waals surface area (Å²) in [6.45, 7) is 2.25. The summed E-state index contributed by atoms with van der Waals surface area (Å²) in [4.78, 5) is 0.500. The van der Waals surface area contributed by atoms with Crippen LogP contribution in [0.2, 0.25) is 0 Å². The van der Waals surface area contributed by atoms with E-state index in [1.165, 1.54) is 57.8 Å². The molecule has 0 amide bonds. The molecule has 2 atom stereocenters. The highest BCUT2D eigenvalue weighted by Crippen LogP contribution is 2.43. The zero-order valence-corrected chi connectivity index (χ0v) is 15.4. The van der Waals surface area contributed by atoms with Gasteiger partial charge in [0.15, 0.2) is 9.84 Å². The molecule has 1 fully saturated rings. The molecule has 2 rings (SSSR count). The van der Waals surface area contributed by atoms with Crippen LogP contribution in [0, 0.1) is 5.92 Å². The molecular formula is C20H32O2S. The lowest BCUT2D eigenvalue weighted by atomic mass is 10.1. The van der Waals surface area contributed by atoms with Gasteiger partial charge in [-0.15, -0.1) is 0 Å². The molecule has 2 nitrogen and oxygen atoms in total. The molecule has 0 bridgehead atoms. The largest absolute Gasteiger partial charge is 0.223 e. The molecule has 0 radical (unpaired) electrons. The van der Waals surface area contributed by atoms with Gasteiger partial charge in [0.25, 0.3) is 0 Å². The van der Waals surface area contributed by atoms with Crippen molar-refractivity contribution >= 4 is 9.84 Å². The number of hydrogen-bond donors (Lipinski definition) is 0. The van der Waals surface area contributed by atoms with Gasteiger partial charge >= 0.3 is 0 Å². The molecule has 1 aromatic rings. The molecule has 1 aromatic carbocycles. The lowest BCUT2D eigenvalue weighted by Gasteiger charge is -2.04. The van der Waals surface area contributed by atoms with Gasteiger partial charge in [-0.3, -0.25) is 0 Å². The molecule has 1 aliphatic carbocycles. The fourth-order valence-corrected chi connectivity index (χ4v) is 5.44. The molecule has 0 aliphatic heterocycles. The summed E-state index contributed by atoms with van der Waals surface area (Å²) in [5.74, 6) is 0.407. The summed E-state index contributed by atoms with van der Waals surface area (Å²) in [6, 6.07) is 8.94. The first-order valence-electron chi connectivity index (χ1n) is 9.45. The van der Waals surface area contributed by atoms with Crippen LogP contribution in [0.15, 0.2) is 35.2 Å². The molecule has 0 unspecified atom stereocenters. The van der Waals surface area contributed by atoms with Crippen LogP contribution in [0.25, 0.3) is 0 Å². The van der Waals surface area contributed by atoms with Gasteiger partial charge in [-0.2, -0.15) is 0 Å². The fraction of sp³-hybridized carbons (Fsp3) is 0.700. The highest BCUT2D eigenvalue weighted by molar-refractivity contribution is 7.92. The maximum atomic E-state index is 12.5. The van der Waals surface area contributed by atoms with E-state index in [0.29, 0.717) is 10.8 Å². The van der Waals surface area contributed by atoms with E-state index >= 15 is 0 Å². The Morgan fingerprint density at radius 1 is 0.870 bits per heavy atom. The SMILES string of the molecule is CCCCCCCCCCC[C@H]1C[C@@H]1S(=O)(=O)c1ccccc1. The van der Waals surface area contributed by atoms with Gasteiger partial charge < -0.3 is 0 Å². The van der Waals surface area contributed by atoms with E-state index in [0.717, 1.165) is 12.8 Å². The van der Waals surface area contributed by atoms with E-state index in [9.17, 15) is 8.42 Å². The van der Waals surface area contributed by atoms with E-state index in [1.54, 1.807) is 12.1 Å². The van der Waals surface area contributed by atoms with Crippen molar-refractivity contribution in [2.24, 2.45) is 5.92 Å². The minimum Gasteiger partial charge on any atom is -0.223 e. The van der Waals surface area contributed by atoms with Gasteiger partial charge in [0.1, 0.15) is 0 Å². The van der Waals surface area contributed by atoms with Crippen molar-refractivity contribution in [3.05, 3.63) is 30.3 Å². The van der Waals surface area contributed by atoms with Crippen LogP contribution < -0.4 is 0 Å². The normalized spacial score (nSPS) is 20.6. The van der Waals surface area contributed by atoms with E-state index in [2.05, 4.69) is 6.92 Å². The number of rotatable bonds is 12. The molecule has 0 saturated heterocycles. The third kappa shape index (κ3) is 5.95. The Labute approximate surface area is 142 Å². The van der Waals surface area contributed by atoms with Crippen LogP contribution >= 0.6 is 0 Å². The van der Waals surface area contributed by atoms with Crippen LogP contribution in [0.3, 0.4) is 0 Å². The second-order valence-corrected chi connectivity index (χ2v) is 9.18. The molecular weight excluding hydrogens is 304 g/mol. The second kappa shape index (κ2) is 9.46. The molecule has 23 heavy (non-hydrogen) atoms. The molecule has 1 aliphatic rings. The Hall–Kier alpha value is -0.830. The predicted molar refractivity (Wildman–Crippen MR) is 97.4 cm³/mol. The topological polar surface area (TPSA) is 34.1 Å². The fourth-order valence-electron chi connectivity index (χ4n) is 3.41. The lowest BCUT2D eigenvalue weighted by molar-refractivity contribution is 0.542. The van der Waals surface area contributed by atoms with Crippen molar-refractivity contribution in [2.45, 2.75) is 87.7 Å². The summed E-state index contributed by atoms with van der Waals surface area (Å²) >= 11 is 0. The quantitative estimate of drug-likeness (QED) is 0.454. The first kappa shape index (κ1) is 18.5. The predicted octanol–water partition coefficient (Wildman–Crippen LogP) is 5.77. The first-order chi connectivity index (χ1) is 11.2. The monoisotopic (exact) mass is 336 g/mol. The standard InChI is InChI=1S/C20H32O2S/c1-2-3-4-5-6-7-8-9-11-14-18-17-20(18)23(21,22)19-15-12-10-13-16-19/h10,12-13,15-16,18,20H,2-9,11,14,17H2,1H3/t18-,20-/m0/s1. The maximum absolute atomic E-state index is 12.5. The van der Waals surface area contributed by atoms with Crippen molar-refractivity contribution in [3.63, 3.8) is 0 Å². The van der Waals surface area contributed by atoms with Gasteiger partial charge in [0, 0.05) is 0 Å². The van der Waals surface area contributed by atoms with Gasteiger partial charge in [-0.05, 0) is 30.9 Å². The van der Waals surface area contributed by atoms with Crippen molar-refractivity contribution in [1.29, 1.82) is 0 Å². The smallest absolute Gasteiger partial charge is 0.181 e. The molecule has 0 N–H and O–H groups in total. The van der Waals surface area contributed by atoms with E-state index in [1.807, 2.05) is 18.2 Å². The molecule has 0 aromatic heterocycles. The second-order valence-electron chi connectivity index (χ2n) is 7.01. The first-order valence-corrected chi connectivity index (χ1v) is 11.0. The average molecular weight is 337 g/mol. The average Bonchev–Trinajstić information content (AvgIpc) is 3.34. The van der Waals surface area contributed by atoms with Crippen LogP contribution in [-0.4, -0.2) is 13.7 Å². The molecule has 130 valence electrons. The Balaban J connectivity index is 1.56. The van der Waals surface area contributed by atoms with E-state index in [4.69, 9.17) is 0 Å². The Kier molecular flexibility index (Phi) is 7.61. The Morgan fingerprint density at radius 3 is 2.04 bits per heavy atom. The Bertz CT molecular complexity index is 536. The van der Waals surface area contributed by atoms with Gasteiger partial charge in [0.2, 0.25) is 0 Å². The van der Waals surface area contributed by atoms with Gasteiger partial charge in [-0.25, -0.2) is 8.42 Å². The third-order valence-electron chi connectivity index (χ3n) is 5.01. The third-order valence-corrected chi connectivity index (χ3v) is 7.31. The van der Waals surface area contributed by atoms with Crippen molar-refractivity contribution in [2.75, 3.05) is 0 Å². The van der Waals surface area contributed by atoms with Crippen LogP contribution in [-0.2, 0) is 9.84 Å². The summed E-state index contributed by atoms with van der Waals surface area (Å²) < 4.78 is 24.9. The molecule has 1 saturated carbocycles. The molecule has 0 spiro atoms. The van der Waals surface area contributed by atoms with Crippen LogP contribution in [0.5, 0.6) is 0 Å². The highest BCUT2D eigenvalue weighted by atomic mass is 32.2. The van der Waals surface area contributed by atoms with Crippen molar-refractivity contribution < 1.29 is 8.42 Å². The van der Waals surface area contributed by atoms with E-state index in [-0.39, 0.29) is 5.25 Å². The van der Waals surface area contributed by atoms with Gasteiger partial charge in [-0.1, -0.05) is 82.9 Å². The number of sulfone groups is 1. The number of hydrogen-bond acceptors (Lipinski definition) is 2. The zero-order chi connectivity index (χ0) is 16.5. The minimum absolute atomic E-state index is 0.112. The van der Waals surface area contributed by atoms with Crippen molar-refractivity contribution in [1.82, 2.24) is 0 Å². The number of unbranched alkanes of at least 4 members (excludes halogenated alkanes) is 8. The van der Waals surface area contributed by atoms with Crippen LogP contribution in [0.1, 0.15) is 77.6 Å². The molecule has 3 heteroatoms. The van der Waals surface area contributed by atoms with Crippen molar-refractivity contribution in [3.8, 4) is 0 Å². The maximum Gasteiger partial charge on any atom is 0.181 e. The summed E-state index contributed by atoms with van der Waals surface area (Å²) in [6.07, 6.45) is 13.9. The zero-order valence-electron chi connectivity index (χ0n) is 14.5. The van der Waals surface area contributed by atoms with E-state index < -0.39 is 9.84 Å². The van der Waals surface area contributed by atoms with Gasteiger partial charge in [0.05, 0.1) is 10.1 Å². The number of benzene rings is 1.